The van der Waals surface area contributed by atoms with Gasteiger partial charge in [-0.25, -0.2) is 12.7 Å². The van der Waals surface area contributed by atoms with E-state index in [1.807, 2.05) is 13.0 Å². The van der Waals surface area contributed by atoms with Crippen LogP contribution in [0.25, 0.3) is 0 Å². The second-order valence-electron chi connectivity index (χ2n) is 6.84. The van der Waals surface area contributed by atoms with Gasteiger partial charge in [-0.1, -0.05) is 30.3 Å². The summed E-state index contributed by atoms with van der Waals surface area (Å²) in [5.41, 5.74) is 1.56. The second-order valence-corrected chi connectivity index (χ2v) is 9.21. The summed E-state index contributed by atoms with van der Waals surface area (Å²) >= 11 is 0. The first-order chi connectivity index (χ1) is 12.4. The minimum Gasteiger partial charge on any atom is -0.357 e. The molecule has 0 heterocycles. The number of rotatable bonds is 10. The molecule has 1 aliphatic carbocycles. The number of sulfonamides is 1. The van der Waals surface area contributed by atoms with Gasteiger partial charge in [-0.3, -0.25) is 4.99 Å². The van der Waals surface area contributed by atoms with Gasteiger partial charge in [0.15, 0.2) is 5.96 Å². The Labute approximate surface area is 158 Å². The first-order valence-electron chi connectivity index (χ1n) is 9.45. The molecular weight excluding hydrogens is 348 g/mol. The highest BCUT2D eigenvalue weighted by Crippen LogP contribution is 2.48. The van der Waals surface area contributed by atoms with Gasteiger partial charge in [-0.2, -0.15) is 0 Å². The molecule has 0 spiro atoms. The molecule has 0 aromatic heterocycles. The van der Waals surface area contributed by atoms with Crippen molar-refractivity contribution in [1.82, 2.24) is 14.9 Å². The highest BCUT2D eigenvalue weighted by Gasteiger charge is 2.43. The third-order valence-electron chi connectivity index (χ3n) is 4.91. The first kappa shape index (κ1) is 20.7. The van der Waals surface area contributed by atoms with Gasteiger partial charge in [-0.05, 0) is 38.7 Å². The number of nitrogens with one attached hydrogen (secondary N) is 2. The van der Waals surface area contributed by atoms with Gasteiger partial charge >= 0.3 is 0 Å². The Bertz CT molecular complexity index is 685. The van der Waals surface area contributed by atoms with Crippen molar-refractivity contribution in [1.29, 1.82) is 0 Å². The summed E-state index contributed by atoms with van der Waals surface area (Å²) in [5, 5.41) is 6.59. The summed E-state index contributed by atoms with van der Waals surface area (Å²) in [6.45, 7) is 6.48. The van der Waals surface area contributed by atoms with Gasteiger partial charge in [0.2, 0.25) is 10.0 Å². The lowest BCUT2D eigenvalue weighted by Gasteiger charge is -2.18. The van der Waals surface area contributed by atoms with Crippen LogP contribution in [0.15, 0.2) is 35.3 Å². The lowest BCUT2D eigenvalue weighted by atomic mass is 9.96. The summed E-state index contributed by atoms with van der Waals surface area (Å²) in [5.74, 6) is 0.943. The SMILES string of the molecule is CCNC(=NCC1(c2ccccc2)CC1)NCCCN(C)S(=O)(=O)CC. The monoisotopic (exact) mass is 380 g/mol. The number of aliphatic imine (C=N–C) groups is 1. The molecule has 0 atom stereocenters. The van der Waals surface area contributed by atoms with Crippen LogP contribution in [0, 0.1) is 0 Å². The minimum absolute atomic E-state index is 0.141. The molecule has 0 saturated heterocycles. The zero-order valence-corrected chi connectivity index (χ0v) is 17.0. The normalized spacial score (nSPS) is 16.5. The fourth-order valence-electron chi connectivity index (χ4n) is 2.92. The maximum atomic E-state index is 11.8. The lowest BCUT2D eigenvalue weighted by molar-refractivity contribution is 0.461. The molecule has 0 aliphatic heterocycles. The predicted molar refractivity (Wildman–Crippen MR) is 108 cm³/mol. The molecular formula is C19H32N4O2S. The summed E-state index contributed by atoms with van der Waals surface area (Å²) in [6.07, 6.45) is 3.10. The van der Waals surface area contributed by atoms with Gasteiger partial charge in [-0.15, -0.1) is 0 Å². The van der Waals surface area contributed by atoms with Crippen LogP contribution in [0.1, 0.15) is 38.7 Å². The Balaban J connectivity index is 1.84. The van der Waals surface area contributed by atoms with E-state index < -0.39 is 10.0 Å². The zero-order chi connectivity index (χ0) is 19.0. The van der Waals surface area contributed by atoms with Crippen molar-refractivity contribution in [2.24, 2.45) is 4.99 Å². The van der Waals surface area contributed by atoms with Crippen molar-refractivity contribution in [3.05, 3.63) is 35.9 Å². The van der Waals surface area contributed by atoms with Crippen LogP contribution in [-0.2, 0) is 15.4 Å². The highest BCUT2D eigenvalue weighted by molar-refractivity contribution is 7.89. The van der Waals surface area contributed by atoms with E-state index in [2.05, 4.69) is 34.9 Å². The van der Waals surface area contributed by atoms with Gasteiger partial charge in [0.05, 0.1) is 12.3 Å². The van der Waals surface area contributed by atoms with Crippen LogP contribution in [0.5, 0.6) is 0 Å². The predicted octanol–water partition coefficient (Wildman–Crippen LogP) is 1.94. The molecule has 0 radical (unpaired) electrons. The molecule has 26 heavy (non-hydrogen) atoms. The quantitative estimate of drug-likeness (QED) is 0.370. The summed E-state index contributed by atoms with van der Waals surface area (Å²) in [7, 11) is -1.47. The van der Waals surface area contributed by atoms with E-state index in [0.717, 1.165) is 25.5 Å². The van der Waals surface area contributed by atoms with E-state index in [-0.39, 0.29) is 11.2 Å². The summed E-state index contributed by atoms with van der Waals surface area (Å²) in [6, 6.07) is 10.6. The molecule has 1 aromatic rings. The van der Waals surface area contributed by atoms with Gasteiger partial charge in [0.25, 0.3) is 0 Å². The molecule has 2 N–H and O–H groups in total. The Morgan fingerprint density at radius 2 is 1.88 bits per heavy atom. The largest absolute Gasteiger partial charge is 0.357 e. The van der Waals surface area contributed by atoms with E-state index in [9.17, 15) is 8.42 Å². The molecule has 0 bridgehead atoms. The van der Waals surface area contributed by atoms with Crippen molar-refractivity contribution < 1.29 is 8.42 Å². The summed E-state index contributed by atoms with van der Waals surface area (Å²) < 4.78 is 24.9. The summed E-state index contributed by atoms with van der Waals surface area (Å²) in [4.78, 5) is 4.77. The molecule has 1 aliphatic rings. The molecule has 1 fully saturated rings. The molecule has 7 heteroatoms. The first-order valence-corrected chi connectivity index (χ1v) is 11.1. The smallest absolute Gasteiger partial charge is 0.213 e. The third kappa shape index (κ3) is 5.71. The van der Waals surface area contributed by atoms with E-state index in [0.29, 0.717) is 13.1 Å². The molecule has 0 amide bonds. The van der Waals surface area contributed by atoms with Crippen LogP contribution in [-0.4, -0.2) is 57.7 Å². The van der Waals surface area contributed by atoms with E-state index in [1.165, 1.54) is 22.7 Å². The van der Waals surface area contributed by atoms with E-state index in [1.54, 1.807) is 14.0 Å². The highest BCUT2D eigenvalue weighted by atomic mass is 32.2. The van der Waals surface area contributed by atoms with E-state index >= 15 is 0 Å². The van der Waals surface area contributed by atoms with Crippen LogP contribution < -0.4 is 10.6 Å². The number of guanidine groups is 1. The van der Waals surface area contributed by atoms with Crippen molar-refractivity contribution >= 4 is 16.0 Å². The zero-order valence-electron chi connectivity index (χ0n) is 16.2. The second kappa shape index (κ2) is 9.37. The van der Waals surface area contributed by atoms with Crippen LogP contribution in [0.2, 0.25) is 0 Å². The standard InChI is InChI=1S/C19H32N4O2S/c1-4-20-18(21-14-9-15-23(3)26(24,25)5-2)22-16-19(12-13-19)17-10-7-6-8-11-17/h6-8,10-11H,4-5,9,12-16H2,1-3H3,(H2,20,21,22). The molecule has 1 saturated carbocycles. The Morgan fingerprint density at radius 1 is 1.19 bits per heavy atom. The van der Waals surface area contributed by atoms with Gasteiger partial charge in [0, 0.05) is 32.1 Å². The van der Waals surface area contributed by atoms with E-state index in [4.69, 9.17) is 4.99 Å². The number of hydrogen-bond acceptors (Lipinski definition) is 3. The van der Waals surface area contributed by atoms with Crippen molar-refractivity contribution in [3.8, 4) is 0 Å². The Hall–Kier alpha value is -1.60. The third-order valence-corrected chi connectivity index (χ3v) is 6.77. The van der Waals surface area contributed by atoms with Gasteiger partial charge < -0.3 is 10.6 Å². The fourth-order valence-corrected chi connectivity index (χ4v) is 3.77. The number of benzene rings is 1. The number of hydrogen-bond donors (Lipinski definition) is 2. The van der Waals surface area contributed by atoms with Crippen molar-refractivity contribution in [2.75, 3.05) is 39.0 Å². The van der Waals surface area contributed by atoms with Crippen LogP contribution in [0.4, 0.5) is 0 Å². The average Bonchev–Trinajstić information content (AvgIpc) is 3.44. The molecule has 1 aromatic carbocycles. The van der Waals surface area contributed by atoms with Gasteiger partial charge in [0.1, 0.15) is 0 Å². The average molecular weight is 381 g/mol. The Morgan fingerprint density at radius 3 is 2.46 bits per heavy atom. The van der Waals surface area contributed by atoms with Crippen molar-refractivity contribution in [2.45, 2.75) is 38.5 Å². The molecule has 0 unspecified atom stereocenters. The minimum atomic E-state index is -3.10. The van der Waals surface area contributed by atoms with Crippen molar-refractivity contribution in [3.63, 3.8) is 0 Å². The molecule has 146 valence electrons. The van der Waals surface area contributed by atoms with Crippen LogP contribution >= 0.6 is 0 Å². The fraction of sp³-hybridized carbons (Fsp3) is 0.632. The maximum Gasteiger partial charge on any atom is 0.213 e. The molecule has 6 nitrogen and oxygen atoms in total. The maximum absolute atomic E-state index is 11.8. The lowest BCUT2D eigenvalue weighted by Crippen LogP contribution is -2.39. The molecule has 2 rings (SSSR count). The number of nitrogens with zero attached hydrogens (tertiary/aromatic N) is 2. The topological polar surface area (TPSA) is 73.8 Å². The Kier molecular flexibility index (Phi) is 7.46. The van der Waals surface area contributed by atoms with Crippen LogP contribution in [0.3, 0.4) is 0 Å².